The van der Waals surface area contributed by atoms with E-state index in [1.165, 1.54) is 6.08 Å². The number of nitrogens with zero attached hydrogens (tertiary/aromatic N) is 4. The predicted octanol–water partition coefficient (Wildman–Crippen LogP) is 4.78. The number of aliphatic hydroxyl groups excluding tert-OH is 1. The van der Waals surface area contributed by atoms with E-state index in [-0.39, 0.29) is 38.0 Å². The fourth-order valence-electron chi connectivity index (χ4n) is 4.75. The standard InChI is InChI=1S/C27H33BrN4O6S/c1-4-37-26(34)16-23(22-9-10-24-27(19(22)3)29-30-32(24)13-6-5-12-28)20-8-7-18(2)21(15-20)17-31-14-11-25(33)38-39(31,35)36/h7-11,15,23,33H,4-6,12-14,16-17H2,1-3H3. The lowest BCUT2D eigenvalue weighted by atomic mass is 9.84. The number of fused-ring (bicyclic) bond motifs is 1. The first-order valence-electron chi connectivity index (χ1n) is 12.9. The number of hydrogen-bond acceptors (Lipinski definition) is 8. The van der Waals surface area contributed by atoms with Crippen molar-refractivity contribution in [1.82, 2.24) is 19.3 Å². The number of halogens is 1. The SMILES string of the molecule is CCOC(=O)CC(c1ccc(C)c(CN2CC=C(O)OS2(=O)=O)c1)c1ccc2c(nnn2CCCCBr)c1C. The third-order valence-electron chi connectivity index (χ3n) is 6.89. The summed E-state index contributed by atoms with van der Waals surface area (Å²) in [7, 11) is -4.12. The molecule has 1 aromatic heterocycles. The van der Waals surface area contributed by atoms with Crippen molar-refractivity contribution in [1.29, 1.82) is 0 Å². The summed E-state index contributed by atoms with van der Waals surface area (Å²) in [4.78, 5) is 12.7. The Labute approximate surface area is 237 Å². The maximum Gasteiger partial charge on any atom is 0.388 e. The fraction of sp³-hybridized carbons (Fsp3) is 0.444. The molecule has 2 heterocycles. The number of hydrogen-bond donors (Lipinski definition) is 1. The largest absolute Gasteiger partial charge is 0.480 e. The predicted molar refractivity (Wildman–Crippen MR) is 151 cm³/mol. The molecular formula is C27H33BrN4O6S. The molecule has 210 valence electrons. The van der Waals surface area contributed by atoms with Crippen molar-refractivity contribution in [3.05, 3.63) is 70.2 Å². The van der Waals surface area contributed by atoms with Gasteiger partial charge in [-0.1, -0.05) is 45.4 Å². The van der Waals surface area contributed by atoms with Gasteiger partial charge in [-0.15, -0.1) is 5.10 Å². The van der Waals surface area contributed by atoms with Gasteiger partial charge in [-0.2, -0.15) is 12.7 Å². The average molecular weight is 622 g/mol. The van der Waals surface area contributed by atoms with Crippen molar-refractivity contribution in [2.24, 2.45) is 0 Å². The van der Waals surface area contributed by atoms with E-state index < -0.39 is 16.2 Å². The summed E-state index contributed by atoms with van der Waals surface area (Å²) in [5.74, 6) is -1.29. The van der Waals surface area contributed by atoms with E-state index in [0.717, 1.165) is 67.9 Å². The zero-order valence-corrected chi connectivity index (χ0v) is 24.7. The topological polar surface area (TPSA) is 124 Å². The van der Waals surface area contributed by atoms with Crippen LogP contribution in [-0.4, -0.2) is 57.3 Å². The Morgan fingerprint density at radius 2 is 2.03 bits per heavy atom. The quantitative estimate of drug-likeness (QED) is 0.184. The van der Waals surface area contributed by atoms with E-state index in [1.807, 2.05) is 48.9 Å². The van der Waals surface area contributed by atoms with Crippen molar-refractivity contribution in [2.45, 2.75) is 59.0 Å². The van der Waals surface area contributed by atoms with Crippen LogP contribution in [-0.2, 0) is 37.1 Å². The smallest absolute Gasteiger partial charge is 0.388 e. The number of carbonyl (C=O) groups is 1. The van der Waals surface area contributed by atoms with Crippen LogP contribution in [0.2, 0.25) is 0 Å². The van der Waals surface area contributed by atoms with E-state index in [0.29, 0.717) is 0 Å². The van der Waals surface area contributed by atoms with Crippen LogP contribution in [0.25, 0.3) is 11.0 Å². The minimum absolute atomic E-state index is 0.00877. The highest BCUT2D eigenvalue weighted by Crippen LogP contribution is 2.35. The number of aryl methyl sites for hydroxylation is 3. The molecule has 1 atom stereocenters. The number of aromatic nitrogens is 3. The summed E-state index contributed by atoms with van der Waals surface area (Å²) in [5, 5.41) is 19.2. The summed E-state index contributed by atoms with van der Waals surface area (Å²) >= 11 is 3.46. The molecule has 1 N–H and O–H groups in total. The molecule has 4 rings (SSSR count). The average Bonchev–Trinajstić information content (AvgIpc) is 3.30. The molecule has 0 saturated heterocycles. The summed E-state index contributed by atoms with van der Waals surface area (Å²) in [5.41, 5.74) is 6.10. The molecule has 0 spiro atoms. The molecule has 1 aliphatic heterocycles. The second-order valence-electron chi connectivity index (χ2n) is 9.48. The van der Waals surface area contributed by atoms with Crippen molar-refractivity contribution in [3.63, 3.8) is 0 Å². The number of benzene rings is 2. The van der Waals surface area contributed by atoms with Gasteiger partial charge >= 0.3 is 16.3 Å². The third kappa shape index (κ3) is 6.62. The van der Waals surface area contributed by atoms with E-state index in [1.54, 1.807) is 6.92 Å². The van der Waals surface area contributed by atoms with Crippen LogP contribution in [0.4, 0.5) is 0 Å². The lowest BCUT2D eigenvalue weighted by Crippen LogP contribution is -2.35. The van der Waals surface area contributed by atoms with Gasteiger partial charge in [0.05, 0.1) is 18.5 Å². The molecule has 39 heavy (non-hydrogen) atoms. The van der Waals surface area contributed by atoms with Gasteiger partial charge in [0, 0.05) is 37.0 Å². The number of alkyl halides is 1. The normalized spacial score (nSPS) is 16.1. The van der Waals surface area contributed by atoms with Crippen LogP contribution in [0.5, 0.6) is 0 Å². The number of unbranched alkanes of at least 4 members (excludes halogenated alkanes) is 1. The Morgan fingerprint density at radius 1 is 1.23 bits per heavy atom. The van der Waals surface area contributed by atoms with Crippen LogP contribution < -0.4 is 0 Å². The zero-order chi connectivity index (χ0) is 28.2. The van der Waals surface area contributed by atoms with Gasteiger partial charge in [0.25, 0.3) is 5.95 Å². The second kappa shape index (κ2) is 12.5. The Morgan fingerprint density at radius 3 is 2.74 bits per heavy atom. The van der Waals surface area contributed by atoms with Crippen LogP contribution in [0.3, 0.4) is 0 Å². The molecule has 0 saturated carbocycles. The van der Waals surface area contributed by atoms with Gasteiger partial charge in [0.1, 0.15) is 5.52 Å². The molecule has 0 fully saturated rings. The first kappa shape index (κ1) is 29.0. The van der Waals surface area contributed by atoms with Gasteiger partial charge in [-0.25, -0.2) is 4.68 Å². The van der Waals surface area contributed by atoms with Gasteiger partial charge in [-0.3, -0.25) is 4.79 Å². The van der Waals surface area contributed by atoms with Crippen LogP contribution in [0.1, 0.15) is 59.9 Å². The molecule has 0 radical (unpaired) electrons. The lowest BCUT2D eigenvalue weighted by Gasteiger charge is -2.25. The van der Waals surface area contributed by atoms with E-state index in [9.17, 15) is 18.3 Å². The summed E-state index contributed by atoms with van der Waals surface area (Å²) in [6.07, 6.45) is 3.44. The molecule has 1 unspecified atom stereocenters. The lowest BCUT2D eigenvalue weighted by molar-refractivity contribution is -0.143. The first-order chi connectivity index (χ1) is 18.6. The molecule has 12 heteroatoms. The van der Waals surface area contributed by atoms with Crippen molar-refractivity contribution in [3.8, 4) is 0 Å². The minimum atomic E-state index is -4.12. The highest BCUT2D eigenvalue weighted by molar-refractivity contribution is 9.09. The van der Waals surface area contributed by atoms with Crippen molar-refractivity contribution >= 4 is 43.2 Å². The third-order valence-corrected chi connectivity index (χ3v) is 8.74. The molecule has 10 nitrogen and oxygen atoms in total. The van der Waals surface area contributed by atoms with Crippen LogP contribution in [0.15, 0.2) is 42.4 Å². The molecule has 3 aromatic rings. The van der Waals surface area contributed by atoms with Gasteiger partial charge in [0.2, 0.25) is 0 Å². The monoisotopic (exact) mass is 620 g/mol. The minimum Gasteiger partial charge on any atom is -0.480 e. The van der Waals surface area contributed by atoms with Gasteiger partial charge < -0.3 is 14.0 Å². The molecule has 0 bridgehead atoms. The van der Waals surface area contributed by atoms with Crippen molar-refractivity contribution < 1.29 is 27.2 Å². The number of ether oxygens (including phenoxy) is 1. The second-order valence-corrected chi connectivity index (χ2v) is 11.8. The van der Waals surface area contributed by atoms with E-state index in [4.69, 9.17) is 4.74 Å². The zero-order valence-electron chi connectivity index (χ0n) is 22.3. The Bertz CT molecular complexity index is 1490. The Balaban J connectivity index is 1.72. The Hall–Kier alpha value is -2.96. The number of carbonyl (C=O) groups excluding carboxylic acids is 1. The highest BCUT2D eigenvalue weighted by atomic mass is 79.9. The number of rotatable bonds is 11. The van der Waals surface area contributed by atoms with Crippen LogP contribution in [0, 0.1) is 13.8 Å². The Kier molecular flexibility index (Phi) is 9.29. The maximum absolute atomic E-state index is 12.7. The van der Waals surface area contributed by atoms with E-state index in [2.05, 4.69) is 30.4 Å². The van der Waals surface area contributed by atoms with Gasteiger partial charge in [0.15, 0.2) is 0 Å². The van der Waals surface area contributed by atoms with Crippen molar-refractivity contribution in [2.75, 3.05) is 18.5 Å². The summed E-state index contributed by atoms with van der Waals surface area (Å²) in [6.45, 7) is 6.75. The highest BCUT2D eigenvalue weighted by Gasteiger charge is 2.30. The molecular weight excluding hydrogens is 588 g/mol. The number of aliphatic hydroxyl groups is 1. The molecule has 2 aromatic carbocycles. The molecule has 0 aliphatic carbocycles. The summed E-state index contributed by atoms with van der Waals surface area (Å²) < 4.78 is 37.9. The van der Waals surface area contributed by atoms with E-state index >= 15 is 0 Å². The van der Waals surface area contributed by atoms with Crippen LogP contribution >= 0.6 is 15.9 Å². The maximum atomic E-state index is 12.7. The number of esters is 1. The fourth-order valence-corrected chi connectivity index (χ4v) is 6.09. The van der Waals surface area contributed by atoms with Gasteiger partial charge in [-0.05, 0) is 67.5 Å². The summed E-state index contributed by atoms with van der Waals surface area (Å²) in [6, 6.07) is 9.81. The molecule has 1 aliphatic rings. The first-order valence-corrected chi connectivity index (χ1v) is 15.4. The molecule has 0 amide bonds.